The molecule has 1 aliphatic rings. The van der Waals surface area contributed by atoms with Crippen molar-refractivity contribution < 1.29 is 4.79 Å². The molecule has 1 aromatic carbocycles. The molecule has 4 nitrogen and oxygen atoms in total. The molecule has 1 heterocycles. The van der Waals surface area contributed by atoms with E-state index in [9.17, 15) is 4.79 Å². The van der Waals surface area contributed by atoms with E-state index in [0.717, 1.165) is 37.3 Å². The van der Waals surface area contributed by atoms with Gasteiger partial charge in [-0.1, -0.05) is 12.1 Å². The maximum Gasteiger partial charge on any atom is 0.220 e. The van der Waals surface area contributed by atoms with E-state index in [1.807, 2.05) is 24.3 Å². The van der Waals surface area contributed by atoms with Crippen LogP contribution in [-0.4, -0.2) is 37.5 Å². The van der Waals surface area contributed by atoms with Crippen LogP contribution in [0, 0.1) is 5.92 Å². The number of nitrogen functional groups attached to an aromatic ring is 1. The molecule has 0 spiro atoms. The second-order valence-corrected chi connectivity index (χ2v) is 5.47. The molecule has 4 heteroatoms. The molecule has 1 unspecified atom stereocenters. The highest BCUT2D eigenvalue weighted by atomic mass is 16.1. The van der Waals surface area contributed by atoms with Crippen molar-refractivity contribution in [3.8, 4) is 0 Å². The molecule has 19 heavy (non-hydrogen) atoms. The van der Waals surface area contributed by atoms with Crippen LogP contribution in [0.5, 0.6) is 0 Å². The van der Waals surface area contributed by atoms with Gasteiger partial charge in [-0.3, -0.25) is 4.79 Å². The van der Waals surface area contributed by atoms with Gasteiger partial charge in [-0.15, -0.1) is 0 Å². The van der Waals surface area contributed by atoms with E-state index in [1.54, 1.807) is 0 Å². The third-order valence-corrected chi connectivity index (χ3v) is 3.67. The number of nitrogens with zero attached hydrogens (tertiary/aromatic N) is 1. The fourth-order valence-electron chi connectivity index (χ4n) is 2.55. The summed E-state index contributed by atoms with van der Waals surface area (Å²) in [6.07, 6.45) is 2.47. The van der Waals surface area contributed by atoms with E-state index < -0.39 is 0 Å². The number of carbonyl (C=O) groups excluding carboxylic acids is 1. The molecule has 0 saturated carbocycles. The lowest BCUT2D eigenvalue weighted by Gasteiger charge is -2.11. The van der Waals surface area contributed by atoms with Gasteiger partial charge >= 0.3 is 0 Å². The lowest BCUT2D eigenvalue weighted by molar-refractivity contribution is -0.121. The standard InChI is InChI=1S/C15H23N3O/c1-18-8-7-13(11-18)10-17-15(19)6-5-12-3-2-4-14(16)9-12/h2-4,9,13H,5-8,10-11,16H2,1H3,(H,17,19). The number of hydrogen-bond acceptors (Lipinski definition) is 3. The number of carbonyl (C=O) groups is 1. The third kappa shape index (κ3) is 4.56. The first-order valence-electron chi connectivity index (χ1n) is 6.93. The van der Waals surface area contributed by atoms with Gasteiger partial charge in [0.15, 0.2) is 0 Å². The van der Waals surface area contributed by atoms with E-state index in [-0.39, 0.29) is 5.91 Å². The molecule has 1 amide bonds. The molecule has 1 atom stereocenters. The molecule has 1 fully saturated rings. The van der Waals surface area contributed by atoms with Crippen molar-refractivity contribution in [1.82, 2.24) is 10.2 Å². The summed E-state index contributed by atoms with van der Waals surface area (Å²) in [5.74, 6) is 0.748. The van der Waals surface area contributed by atoms with E-state index in [4.69, 9.17) is 5.73 Å². The average Bonchev–Trinajstić information content (AvgIpc) is 2.80. The monoisotopic (exact) mass is 261 g/mol. The number of nitrogens with one attached hydrogen (secondary N) is 1. The largest absolute Gasteiger partial charge is 0.399 e. The summed E-state index contributed by atoms with van der Waals surface area (Å²) in [6.45, 7) is 3.04. The Morgan fingerprint density at radius 1 is 1.53 bits per heavy atom. The van der Waals surface area contributed by atoms with Gasteiger partial charge in [0.2, 0.25) is 5.91 Å². The van der Waals surface area contributed by atoms with Crippen molar-refractivity contribution >= 4 is 11.6 Å². The molecule has 3 N–H and O–H groups in total. The van der Waals surface area contributed by atoms with Gasteiger partial charge in [0.25, 0.3) is 0 Å². The second kappa shape index (κ2) is 6.57. The highest BCUT2D eigenvalue weighted by molar-refractivity contribution is 5.76. The van der Waals surface area contributed by atoms with E-state index in [0.29, 0.717) is 12.3 Å². The number of nitrogens with two attached hydrogens (primary N) is 1. The molecule has 2 rings (SSSR count). The highest BCUT2D eigenvalue weighted by Gasteiger charge is 2.19. The average molecular weight is 261 g/mol. The van der Waals surface area contributed by atoms with Crippen LogP contribution >= 0.6 is 0 Å². The normalized spacial score (nSPS) is 19.5. The number of amides is 1. The molecular weight excluding hydrogens is 238 g/mol. The minimum Gasteiger partial charge on any atom is -0.399 e. The van der Waals surface area contributed by atoms with E-state index >= 15 is 0 Å². The summed E-state index contributed by atoms with van der Waals surface area (Å²) in [5, 5.41) is 3.03. The summed E-state index contributed by atoms with van der Waals surface area (Å²) < 4.78 is 0. The zero-order valence-corrected chi connectivity index (χ0v) is 11.6. The molecule has 104 valence electrons. The Morgan fingerprint density at radius 2 is 2.37 bits per heavy atom. The SMILES string of the molecule is CN1CCC(CNC(=O)CCc2cccc(N)c2)C1. The van der Waals surface area contributed by atoms with Gasteiger partial charge in [-0.25, -0.2) is 0 Å². The lowest BCUT2D eigenvalue weighted by Crippen LogP contribution is -2.30. The minimum absolute atomic E-state index is 0.136. The maximum atomic E-state index is 11.8. The van der Waals surface area contributed by atoms with Gasteiger partial charge in [0.05, 0.1) is 0 Å². The van der Waals surface area contributed by atoms with E-state index in [2.05, 4.69) is 17.3 Å². The van der Waals surface area contributed by atoms with Crippen LogP contribution in [-0.2, 0) is 11.2 Å². The number of rotatable bonds is 5. The first-order valence-corrected chi connectivity index (χ1v) is 6.93. The van der Waals surface area contributed by atoms with Gasteiger partial charge in [-0.05, 0) is 50.0 Å². The van der Waals surface area contributed by atoms with Crippen molar-refractivity contribution in [2.75, 3.05) is 32.4 Å². The molecule has 0 aliphatic carbocycles. The van der Waals surface area contributed by atoms with Crippen LogP contribution in [0.15, 0.2) is 24.3 Å². The Kier molecular flexibility index (Phi) is 4.80. The van der Waals surface area contributed by atoms with Crippen molar-refractivity contribution in [1.29, 1.82) is 0 Å². The molecule has 0 bridgehead atoms. The third-order valence-electron chi connectivity index (χ3n) is 3.67. The number of likely N-dealkylation sites (tertiary alicyclic amines) is 1. The quantitative estimate of drug-likeness (QED) is 0.785. The molecule has 0 aromatic heterocycles. The summed E-state index contributed by atoms with van der Waals surface area (Å²) in [7, 11) is 2.13. The van der Waals surface area contributed by atoms with Crippen LogP contribution in [0.1, 0.15) is 18.4 Å². The predicted molar refractivity (Wildman–Crippen MR) is 77.8 cm³/mol. The fraction of sp³-hybridized carbons (Fsp3) is 0.533. The van der Waals surface area contributed by atoms with Crippen LogP contribution in [0.25, 0.3) is 0 Å². The molecule has 1 saturated heterocycles. The Morgan fingerprint density at radius 3 is 3.05 bits per heavy atom. The number of benzene rings is 1. The second-order valence-electron chi connectivity index (χ2n) is 5.47. The number of anilines is 1. The van der Waals surface area contributed by atoms with Gasteiger partial charge in [0, 0.05) is 25.2 Å². The first kappa shape index (κ1) is 13.9. The summed E-state index contributed by atoms with van der Waals surface area (Å²) in [5.41, 5.74) is 7.59. The molecular formula is C15H23N3O. The molecule has 1 aliphatic heterocycles. The topological polar surface area (TPSA) is 58.4 Å². The zero-order chi connectivity index (χ0) is 13.7. The summed E-state index contributed by atoms with van der Waals surface area (Å²) in [6, 6.07) is 7.73. The van der Waals surface area contributed by atoms with Gasteiger partial charge in [0.1, 0.15) is 0 Å². The maximum absolute atomic E-state index is 11.8. The van der Waals surface area contributed by atoms with Crippen LogP contribution < -0.4 is 11.1 Å². The van der Waals surface area contributed by atoms with Crippen molar-refractivity contribution in [3.05, 3.63) is 29.8 Å². The summed E-state index contributed by atoms with van der Waals surface area (Å²) in [4.78, 5) is 14.1. The van der Waals surface area contributed by atoms with Gasteiger partial charge < -0.3 is 16.0 Å². The van der Waals surface area contributed by atoms with Crippen LogP contribution in [0.3, 0.4) is 0 Å². The lowest BCUT2D eigenvalue weighted by atomic mass is 10.1. The Labute approximate surface area is 115 Å². The van der Waals surface area contributed by atoms with Crippen molar-refractivity contribution in [3.63, 3.8) is 0 Å². The highest BCUT2D eigenvalue weighted by Crippen LogP contribution is 2.13. The Bertz CT molecular complexity index is 433. The van der Waals surface area contributed by atoms with E-state index in [1.165, 1.54) is 6.42 Å². The minimum atomic E-state index is 0.136. The Hall–Kier alpha value is -1.55. The summed E-state index contributed by atoms with van der Waals surface area (Å²) >= 11 is 0. The fourth-order valence-corrected chi connectivity index (χ4v) is 2.55. The first-order chi connectivity index (χ1) is 9.13. The van der Waals surface area contributed by atoms with Gasteiger partial charge in [-0.2, -0.15) is 0 Å². The Balaban J connectivity index is 1.67. The predicted octanol–water partition coefficient (Wildman–Crippen LogP) is 1.27. The van der Waals surface area contributed by atoms with Crippen LogP contribution in [0.2, 0.25) is 0 Å². The number of hydrogen-bond donors (Lipinski definition) is 2. The van der Waals surface area contributed by atoms with Crippen molar-refractivity contribution in [2.45, 2.75) is 19.3 Å². The zero-order valence-electron chi connectivity index (χ0n) is 11.6. The number of aryl methyl sites for hydroxylation is 1. The van der Waals surface area contributed by atoms with Crippen molar-refractivity contribution in [2.24, 2.45) is 5.92 Å². The molecule has 1 aromatic rings. The van der Waals surface area contributed by atoms with Crippen LogP contribution in [0.4, 0.5) is 5.69 Å². The smallest absolute Gasteiger partial charge is 0.220 e. The molecule has 0 radical (unpaired) electrons.